The lowest BCUT2D eigenvalue weighted by Crippen LogP contribution is -2.13. The molecular weight excluding hydrogens is 324 g/mol. The van der Waals surface area contributed by atoms with Crippen molar-refractivity contribution in [2.75, 3.05) is 11.1 Å². The van der Waals surface area contributed by atoms with E-state index in [9.17, 15) is 4.79 Å². The van der Waals surface area contributed by atoms with Crippen LogP contribution in [0, 0.1) is 13.8 Å². The molecule has 0 aliphatic rings. The molecule has 0 aliphatic carbocycles. The molecule has 0 atom stereocenters. The maximum absolute atomic E-state index is 11.9. The average Bonchev–Trinajstić information content (AvgIpc) is 3.03. The summed E-state index contributed by atoms with van der Waals surface area (Å²) in [5.41, 5.74) is 2.06. The molecular formula is C13H12N4OS3. The van der Waals surface area contributed by atoms with Crippen LogP contribution in [0.2, 0.25) is 0 Å². The number of nitrogens with zero attached hydrogens (tertiary/aromatic N) is 3. The lowest BCUT2D eigenvalue weighted by Gasteiger charge is -1.98. The Kier molecular flexibility index (Phi) is 4.18. The minimum absolute atomic E-state index is 0.0791. The number of aryl methyl sites for hydroxylation is 2. The van der Waals surface area contributed by atoms with E-state index in [-0.39, 0.29) is 5.91 Å². The van der Waals surface area contributed by atoms with E-state index >= 15 is 0 Å². The van der Waals surface area contributed by atoms with Crippen LogP contribution in [-0.2, 0) is 4.79 Å². The number of nitrogens with one attached hydrogen (secondary N) is 1. The van der Waals surface area contributed by atoms with Gasteiger partial charge >= 0.3 is 0 Å². The molecule has 1 aromatic carbocycles. The number of carbonyl (C=O) groups is 1. The maximum Gasteiger partial charge on any atom is 0.236 e. The normalized spacial score (nSPS) is 11.0. The SMILES string of the molecule is Cc1nnc(SCC(=O)Nc2nc3c(C)cccc3s2)s1. The minimum atomic E-state index is -0.0791. The number of thiazole rings is 1. The van der Waals surface area contributed by atoms with Gasteiger partial charge in [0.05, 0.1) is 16.0 Å². The second-order valence-corrected chi connectivity index (χ2v) is 7.80. The molecule has 3 rings (SSSR count). The van der Waals surface area contributed by atoms with Crippen LogP contribution in [0.4, 0.5) is 5.13 Å². The molecule has 8 heteroatoms. The highest BCUT2D eigenvalue weighted by Gasteiger charge is 2.10. The number of hydrogen-bond acceptors (Lipinski definition) is 7. The smallest absolute Gasteiger partial charge is 0.236 e. The quantitative estimate of drug-likeness (QED) is 0.739. The highest BCUT2D eigenvalue weighted by atomic mass is 32.2. The van der Waals surface area contributed by atoms with Crippen molar-refractivity contribution in [1.82, 2.24) is 15.2 Å². The summed E-state index contributed by atoms with van der Waals surface area (Å²) in [6.45, 7) is 3.91. The predicted octanol–water partition coefficient (Wildman–Crippen LogP) is 3.50. The van der Waals surface area contributed by atoms with Crippen LogP contribution in [0.15, 0.2) is 22.5 Å². The summed E-state index contributed by atoms with van der Waals surface area (Å²) in [7, 11) is 0. The fraction of sp³-hybridized carbons (Fsp3) is 0.231. The summed E-state index contributed by atoms with van der Waals surface area (Å²) in [4.78, 5) is 16.4. The van der Waals surface area contributed by atoms with E-state index in [1.807, 2.05) is 32.0 Å². The monoisotopic (exact) mass is 336 g/mol. The summed E-state index contributed by atoms with van der Waals surface area (Å²) < 4.78 is 1.89. The first-order valence-corrected chi connectivity index (χ1v) is 8.82. The minimum Gasteiger partial charge on any atom is -0.301 e. The van der Waals surface area contributed by atoms with Crippen molar-refractivity contribution in [2.45, 2.75) is 18.2 Å². The molecule has 0 spiro atoms. The van der Waals surface area contributed by atoms with E-state index in [1.54, 1.807) is 0 Å². The van der Waals surface area contributed by atoms with Gasteiger partial charge in [0.2, 0.25) is 5.91 Å². The maximum atomic E-state index is 11.9. The molecule has 0 radical (unpaired) electrons. The van der Waals surface area contributed by atoms with E-state index in [4.69, 9.17) is 0 Å². The highest BCUT2D eigenvalue weighted by molar-refractivity contribution is 8.01. The Hall–Kier alpha value is -1.51. The lowest BCUT2D eigenvalue weighted by molar-refractivity contribution is -0.113. The number of fused-ring (bicyclic) bond motifs is 1. The van der Waals surface area contributed by atoms with Gasteiger partial charge in [-0.25, -0.2) is 4.98 Å². The molecule has 0 bridgehead atoms. The van der Waals surface area contributed by atoms with Gasteiger partial charge in [0.25, 0.3) is 0 Å². The Morgan fingerprint density at radius 3 is 2.86 bits per heavy atom. The summed E-state index contributed by atoms with van der Waals surface area (Å²) in [5.74, 6) is 0.230. The molecule has 1 amide bonds. The lowest BCUT2D eigenvalue weighted by atomic mass is 10.2. The Balaban J connectivity index is 1.64. The zero-order chi connectivity index (χ0) is 14.8. The molecule has 108 valence electrons. The van der Waals surface area contributed by atoms with Gasteiger partial charge in [0.15, 0.2) is 9.47 Å². The van der Waals surface area contributed by atoms with Gasteiger partial charge in [-0.1, -0.05) is 46.6 Å². The zero-order valence-electron chi connectivity index (χ0n) is 11.4. The van der Waals surface area contributed by atoms with Crippen molar-refractivity contribution in [3.8, 4) is 0 Å². The number of carbonyl (C=O) groups excluding carboxylic acids is 1. The van der Waals surface area contributed by atoms with Crippen LogP contribution in [0.3, 0.4) is 0 Å². The third-order valence-corrected chi connectivity index (χ3v) is 5.61. The number of anilines is 1. The van der Waals surface area contributed by atoms with Crippen molar-refractivity contribution < 1.29 is 4.79 Å². The summed E-state index contributed by atoms with van der Waals surface area (Å²) in [5, 5.41) is 12.3. The number of amides is 1. The fourth-order valence-electron chi connectivity index (χ4n) is 1.76. The van der Waals surface area contributed by atoms with E-state index in [0.717, 1.165) is 25.1 Å². The van der Waals surface area contributed by atoms with Gasteiger partial charge in [-0.3, -0.25) is 4.79 Å². The number of aromatic nitrogens is 3. The Morgan fingerprint density at radius 1 is 1.29 bits per heavy atom. The van der Waals surface area contributed by atoms with Crippen molar-refractivity contribution in [3.63, 3.8) is 0 Å². The van der Waals surface area contributed by atoms with Gasteiger partial charge in [0.1, 0.15) is 5.01 Å². The molecule has 0 saturated heterocycles. The Bertz CT molecular complexity index is 796. The molecule has 1 N–H and O–H groups in total. The molecule has 2 heterocycles. The molecule has 3 aromatic rings. The Labute approximate surface area is 133 Å². The van der Waals surface area contributed by atoms with E-state index < -0.39 is 0 Å². The van der Waals surface area contributed by atoms with E-state index in [0.29, 0.717) is 10.9 Å². The van der Waals surface area contributed by atoms with Crippen LogP contribution in [-0.4, -0.2) is 26.8 Å². The molecule has 0 aliphatic heterocycles. The first kappa shape index (κ1) is 14.4. The fourth-order valence-corrected chi connectivity index (χ4v) is 4.33. The van der Waals surface area contributed by atoms with Crippen LogP contribution in [0.1, 0.15) is 10.6 Å². The summed E-state index contributed by atoms with van der Waals surface area (Å²) >= 11 is 4.37. The van der Waals surface area contributed by atoms with Crippen LogP contribution >= 0.6 is 34.4 Å². The molecule has 0 fully saturated rings. The van der Waals surface area contributed by atoms with Gasteiger partial charge in [-0.15, -0.1) is 10.2 Å². The predicted molar refractivity (Wildman–Crippen MR) is 88.4 cm³/mol. The third-order valence-electron chi connectivity index (χ3n) is 2.70. The van der Waals surface area contributed by atoms with E-state index in [1.165, 1.54) is 34.4 Å². The molecule has 21 heavy (non-hydrogen) atoms. The zero-order valence-corrected chi connectivity index (χ0v) is 13.9. The highest BCUT2D eigenvalue weighted by Crippen LogP contribution is 2.28. The number of rotatable bonds is 4. The first-order chi connectivity index (χ1) is 10.1. The Morgan fingerprint density at radius 2 is 2.14 bits per heavy atom. The van der Waals surface area contributed by atoms with Crippen LogP contribution in [0.5, 0.6) is 0 Å². The second kappa shape index (κ2) is 6.08. The van der Waals surface area contributed by atoms with Gasteiger partial charge in [0, 0.05) is 0 Å². The van der Waals surface area contributed by atoms with Crippen molar-refractivity contribution in [2.24, 2.45) is 0 Å². The average molecular weight is 336 g/mol. The van der Waals surface area contributed by atoms with Gasteiger partial charge in [-0.2, -0.15) is 0 Å². The van der Waals surface area contributed by atoms with Crippen molar-refractivity contribution >= 4 is 55.7 Å². The first-order valence-electron chi connectivity index (χ1n) is 6.21. The second-order valence-electron chi connectivity index (χ2n) is 4.36. The number of benzene rings is 1. The van der Waals surface area contributed by atoms with Gasteiger partial charge in [-0.05, 0) is 25.5 Å². The standard InChI is InChI=1S/C13H12N4OS3/c1-7-4-3-5-9-11(7)15-12(21-9)14-10(18)6-19-13-17-16-8(2)20-13/h3-5H,6H2,1-2H3,(H,14,15,18). The summed E-state index contributed by atoms with van der Waals surface area (Å²) in [6.07, 6.45) is 0. The molecule has 2 aromatic heterocycles. The number of hydrogen-bond donors (Lipinski definition) is 1. The molecule has 0 unspecified atom stereocenters. The largest absolute Gasteiger partial charge is 0.301 e. The topological polar surface area (TPSA) is 67.8 Å². The molecule has 5 nitrogen and oxygen atoms in total. The van der Waals surface area contributed by atoms with Crippen LogP contribution < -0.4 is 5.32 Å². The van der Waals surface area contributed by atoms with Crippen molar-refractivity contribution in [1.29, 1.82) is 0 Å². The number of para-hydroxylation sites is 1. The molecule has 0 saturated carbocycles. The summed E-state index contributed by atoms with van der Waals surface area (Å²) in [6, 6.07) is 6.02. The van der Waals surface area contributed by atoms with Crippen LogP contribution in [0.25, 0.3) is 10.2 Å². The van der Waals surface area contributed by atoms with Crippen molar-refractivity contribution in [3.05, 3.63) is 28.8 Å². The van der Waals surface area contributed by atoms with Gasteiger partial charge < -0.3 is 5.32 Å². The third kappa shape index (κ3) is 3.39. The number of thioether (sulfide) groups is 1. The van der Waals surface area contributed by atoms with E-state index in [2.05, 4.69) is 20.5 Å².